The van der Waals surface area contributed by atoms with Gasteiger partial charge in [-0.2, -0.15) is 13.2 Å². The third-order valence-corrected chi connectivity index (χ3v) is 7.80. The maximum atomic E-state index is 13.9. The number of alkyl halides is 3. The van der Waals surface area contributed by atoms with Crippen LogP contribution >= 0.6 is 0 Å². The molecule has 0 radical (unpaired) electrons. The summed E-state index contributed by atoms with van der Waals surface area (Å²) in [6.07, 6.45) is 12.3. The van der Waals surface area contributed by atoms with Crippen LogP contribution < -0.4 is 0 Å². The monoisotopic (exact) mass is 456 g/mol. The van der Waals surface area contributed by atoms with E-state index in [1.807, 2.05) is 6.08 Å². The van der Waals surface area contributed by atoms with Gasteiger partial charge in [-0.15, -0.1) is 0 Å². The van der Waals surface area contributed by atoms with Crippen molar-refractivity contribution in [2.75, 3.05) is 0 Å². The van der Waals surface area contributed by atoms with Crippen molar-refractivity contribution in [1.82, 2.24) is 0 Å². The van der Waals surface area contributed by atoms with Crippen LogP contribution in [-0.4, -0.2) is 0 Å². The second kappa shape index (κ2) is 11.2. The molecule has 2 aliphatic carbocycles. The van der Waals surface area contributed by atoms with Gasteiger partial charge in [-0.05, 0) is 79.5 Å². The van der Waals surface area contributed by atoms with Gasteiger partial charge < -0.3 is 0 Å². The number of benzene rings is 1. The van der Waals surface area contributed by atoms with Crippen LogP contribution in [0.5, 0.6) is 0 Å². The van der Waals surface area contributed by atoms with E-state index in [4.69, 9.17) is 0 Å². The highest BCUT2D eigenvalue weighted by Gasteiger charge is 2.38. The largest absolute Gasteiger partial charge is 0.422 e. The van der Waals surface area contributed by atoms with Gasteiger partial charge in [-0.3, -0.25) is 0 Å². The van der Waals surface area contributed by atoms with E-state index >= 15 is 0 Å². The summed E-state index contributed by atoms with van der Waals surface area (Å²) in [5, 5.41) is 0. The van der Waals surface area contributed by atoms with Gasteiger partial charge in [0.15, 0.2) is 0 Å². The molecule has 0 spiro atoms. The predicted molar refractivity (Wildman–Crippen MR) is 120 cm³/mol. The molecule has 3 rings (SSSR count). The SMILES string of the molecule is CCCC1CCC(CCC2CCC(C=C(C)c3cc(F)c(C(F)(F)F)c(F)c3)CC2)CC1. The quantitative estimate of drug-likeness (QED) is 0.358. The molecule has 2 saturated carbocycles. The minimum Gasteiger partial charge on any atom is -0.206 e. The Labute approximate surface area is 189 Å². The van der Waals surface area contributed by atoms with Crippen molar-refractivity contribution in [3.8, 4) is 0 Å². The Morgan fingerprint density at radius 3 is 1.69 bits per heavy atom. The smallest absolute Gasteiger partial charge is 0.206 e. The number of hydrogen-bond donors (Lipinski definition) is 0. The van der Waals surface area contributed by atoms with Crippen LogP contribution in [0.25, 0.3) is 5.57 Å². The molecule has 0 aliphatic heterocycles. The van der Waals surface area contributed by atoms with Gasteiger partial charge in [0.1, 0.15) is 17.2 Å². The minimum absolute atomic E-state index is 0.189. The molecule has 0 saturated heterocycles. The van der Waals surface area contributed by atoms with Crippen molar-refractivity contribution in [2.24, 2.45) is 23.7 Å². The van der Waals surface area contributed by atoms with Crippen LogP contribution in [0.15, 0.2) is 18.2 Å². The van der Waals surface area contributed by atoms with Crippen LogP contribution in [0.2, 0.25) is 0 Å². The molecule has 0 amide bonds. The van der Waals surface area contributed by atoms with Crippen LogP contribution in [0.4, 0.5) is 22.0 Å². The fraction of sp³-hybridized carbons (Fsp3) is 0.704. The highest BCUT2D eigenvalue weighted by atomic mass is 19.4. The van der Waals surface area contributed by atoms with Crippen molar-refractivity contribution < 1.29 is 22.0 Å². The summed E-state index contributed by atoms with van der Waals surface area (Å²) >= 11 is 0. The lowest BCUT2D eigenvalue weighted by atomic mass is 9.74. The Balaban J connectivity index is 1.47. The molecule has 1 aromatic rings. The first-order valence-corrected chi connectivity index (χ1v) is 12.4. The summed E-state index contributed by atoms with van der Waals surface area (Å²) in [6.45, 7) is 4.00. The molecule has 0 aromatic heterocycles. The number of hydrogen-bond acceptors (Lipinski definition) is 0. The van der Waals surface area contributed by atoms with Crippen LogP contribution in [0.3, 0.4) is 0 Å². The summed E-state index contributed by atoms with van der Waals surface area (Å²) in [5.41, 5.74) is -0.981. The Hall–Kier alpha value is -1.39. The van der Waals surface area contributed by atoms with E-state index in [0.717, 1.165) is 55.6 Å². The summed E-state index contributed by atoms with van der Waals surface area (Å²) in [4.78, 5) is 0. The minimum atomic E-state index is -5.03. The first kappa shape index (κ1) is 25.2. The lowest BCUT2D eigenvalue weighted by Gasteiger charge is -2.31. The molecule has 5 heteroatoms. The normalized spacial score (nSPS) is 27.5. The maximum absolute atomic E-state index is 13.9. The Bertz CT molecular complexity index is 740. The number of allylic oxidation sites excluding steroid dienone is 2. The van der Waals surface area contributed by atoms with E-state index < -0.39 is 23.4 Å². The molecule has 2 aliphatic rings. The Morgan fingerprint density at radius 2 is 1.25 bits per heavy atom. The third kappa shape index (κ3) is 6.81. The number of rotatable bonds is 7. The Kier molecular flexibility index (Phi) is 8.80. The lowest BCUT2D eigenvalue weighted by Crippen LogP contribution is -2.17. The van der Waals surface area contributed by atoms with E-state index in [2.05, 4.69) is 6.92 Å². The van der Waals surface area contributed by atoms with Crippen LogP contribution in [0, 0.1) is 35.3 Å². The van der Waals surface area contributed by atoms with Crippen LogP contribution in [0.1, 0.15) is 102 Å². The zero-order valence-corrected chi connectivity index (χ0v) is 19.4. The molecule has 0 heterocycles. The van der Waals surface area contributed by atoms with E-state index in [-0.39, 0.29) is 5.56 Å². The molecule has 0 N–H and O–H groups in total. The molecule has 0 nitrogen and oxygen atoms in total. The van der Waals surface area contributed by atoms with Crippen molar-refractivity contribution in [3.05, 3.63) is 41.0 Å². The maximum Gasteiger partial charge on any atom is 0.422 e. The number of halogens is 5. The van der Waals surface area contributed by atoms with Gasteiger partial charge in [0.25, 0.3) is 0 Å². The average Bonchev–Trinajstić information content (AvgIpc) is 2.73. The predicted octanol–water partition coefficient (Wildman–Crippen LogP) is 9.58. The zero-order valence-electron chi connectivity index (χ0n) is 19.4. The molecular formula is C27H37F5. The molecule has 0 unspecified atom stereocenters. The second-order valence-electron chi connectivity index (χ2n) is 10.2. The molecule has 180 valence electrons. The molecule has 1 aromatic carbocycles. The molecule has 32 heavy (non-hydrogen) atoms. The fourth-order valence-corrected chi connectivity index (χ4v) is 5.85. The molecule has 0 atom stereocenters. The Morgan fingerprint density at radius 1 is 0.812 bits per heavy atom. The molecule has 0 bridgehead atoms. The van der Waals surface area contributed by atoms with Crippen molar-refractivity contribution in [2.45, 2.75) is 97.1 Å². The summed E-state index contributed by atoms with van der Waals surface area (Å²) in [6, 6.07) is 1.61. The van der Waals surface area contributed by atoms with Crippen LogP contribution in [-0.2, 0) is 6.18 Å². The van der Waals surface area contributed by atoms with Gasteiger partial charge >= 0.3 is 6.18 Å². The topological polar surface area (TPSA) is 0 Å². The zero-order chi connectivity index (χ0) is 23.3. The average molecular weight is 457 g/mol. The highest BCUT2D eigenvalue weighted by molar-refractivity contribution is 5.64. The lowest BCUT2D eigenvalue weighted by molar-refractivity contribution is -0.142. The first-order chi connectivity index (χ1) is 15.2. The fourth-order valence-electron chi connectivity index (χ4n) is 5.85. The van der Waals surface area contributed by atoms with Crippen molar-refractivity contribution >= 4 is 5.57 Å². The summed E-state index contributed by atoms with van der Waals surface area (Å²) < 4.78 is 66.2. The van der Waals surface area contributed by atoms with Gasteiger partial charge in [0, 0.05) is 0 Å². The second-order valence-corrected chi connectivity index (χ2v) is 10.2. The van der Waals surface area contributed by atoms with E-state index in [0.29, 0.717) is 11.5 Å². The van der Waals surface area contributed by atoms with E-state index in [9.17, 15) is 22.0 Å². The standard InChI is InChI=1S/C27H37F5/c1-3-4-19-5-7-20(8-6-19)9-10-21-11-13-22(14-12-21)15-18(2)23-16-24(28)26(25(29)17-23)27(30,31)32/h15-17,19-22H,3-14H2,1-2H3. The van der Waals surface area contributed by atoms with Crippen molar-refractivity contribution in [1.29, 1.82) is 0 Å². The van der Waals surface area contributed by atoms with Gasteiger partial charge in [-0.25, -0.2) is 8.78 Å². The molecule has 2 fully saturated rings. The summed E-state index contributed by atoms with van der Waals surface area (Å²) in [7, 11) is 0. The first-order valence-electron chi connectivity index (χ1n) is 12.4. The third-order valence-electron chi connectivity index (χ3n) is 7.80. The van der Waals surface area contributed by atoms with Gasteiger partial charge in [0.2, 0.25) is 0 Å². The van der Waals surface area contributed by atoms with E-state index in [1.54, 1.807) is 6.92 Å². The van der Waals surface area contributed by atoms with E-state index in [1.165, 1.54) is 51.4 Å². The molecular weight excluding hydrogens is 419 g/mol. The van der Waals surface area contributed by atoms with Gasteiger partial charge in [-0.1, -0.05) is 64.4 Å². The van der Waals surface area contributed by atoms with Gasteiger partial charge in [0.05, 0.1) is 0 Å². The summed E-state index contributed by atoms with van der Waals surface area (Å²) in [5.74, 6) is -0.167. The highest BCUT2D eigenvalue weighted by Crippen LogP contribution is 2.39. The van der Waals surface area contributed by atoms with Crippen molar-refractivity contribution in [3.63, 3.8) is 0 Å².